The van der Waals surface area contributed by atoms with Crippen LogP contribution in [0.4, 0.5) is 17.1 Å². The summed E-state index contributed by atoms with van der Waals surface area (Å²) in [5.74, 6) is -0.853. The highest BCUT2D eigenvalue weighted by atomic mass is 16.6. The lowest BCUT2D eigenvalue weighted by atomic mass is 9.93. The minimum Gasteiger partial charge on any atom is -0.508 e. The Morgan fingerprint density at radius 2 is 1.75 bits per heavy atom. The largest absolute Gasteiger partial charge is 0.508 e. The van der Waals surface area contributed by atoms with Gasteiger partial charge in [0.1, 0.15) is 29.0 Å². The number of para-hydroxylation sites is 1. The number of phenols is 3. The van der Waals surface area contributed by atoms with E-state index in [1.54, 1.807) is 12.1 Å². The van der Waals surface area contributed by atoms with Crippen LogP contribution < -0.4 is 10.2 Å². The summed E-state index contributed by atoms with van der Waals surface area (Å²) < 4.78 is 12.1. The predicted molar refractivity (Wildman–Crippen MR) is 137 cm³/mol. The molecule has 36 heavy (non-hydrogen) atoms. The molecule has 3 heterocycles. The zero-order valence-electron chi connectivity index (χ0n) is 21.2. The van der Waals surface area contributed by atoms with Gasteiger partial charge in [0.2, 0.25) is 0 Å². The summed E-state index contributed by atoms with van der Waals surface area (Å²) in [5.41, 5.74) is 1.88. The molecular formula is C28H34N2O6. The van der Waals surface area contributed by atoms with Crippen molar-refractivity contribution in [2.45, 2.75) is 76.8 Å². The first-order chi connectivity index (χ1) is 17.0. The van der Waals surface area contributed by atoms with Gasteiger partial charge in [-0.3, -0.25) is 4.79 Å². The van der Waals surface area contributed by atoms with Crippen molar-refractivity contribution in [3.8, 4) is 17.2 Å². The SMILES string of the molecule is CC(C)=CCCC1(C)OC1CCC1(C)OC1CN1C(=O)c2cccc(O)c2Nc2c(O)cc(O)cc21. The predicted octanol–water partition coefficient (Wildman–Crippen LogP) is 5.35. The third-order valence-corrected chi connectivity index (χ3v) is 7.66. The lowest BCUT2D eigenvalue weighted by Crippen LogP contribution is -2.35. The summed E-state index contributed by atoms with van der Waals surface area (Å²) in [6.07, 6.45) is 5.91. The number of ether oxygens (including phenoxy) is 2. The van der Waals surface area contributed by atoms with Gasteiger partial charge in [-0.1, -0.05) is 17.7 Å². The Morgan fingerprint density at radius 3 is 2.50 bits per heavy atom. The molecule has 3 aliphatic rings. The van der Waals surface area contributed by atoms with Crippen LogP contribution in [0.15, 0.2) is 42.0 Å². The number of carbonyl (C=O) groups is 1. The molecule has 4 N–H and O–H groups in total. The monoisotopic (exact) mass is 494 g/mol. The topological polar surface area (TPSA) is 118 Å². The summed E-state index contributed by atoms with van der Waals surface area (Å²) >= 11 is 0. The van der Waals surface area contributed by atoms with Crippen molar-refractivity contribution in [3.63, 3.8) is 0 Å². The number of carbonyl (C=O) groups excluding carboxylic acids is 1. The van der Waals surface area contributed by atoms with Crippen LogP contribution >= 0.6 is 0 Å². The molecule has 8 nitrogen and oxygen atoms in total. The molecule has 0 aliphatic carbocycles. The van der Waals surface area contributed by atoms with E-state index in [0.717, 1.165) is 25.7 Å². The van der Waals surface area contributed by atoms with Gasteiger partial charge in [0, 0.05) is 12.1 Å². The van der Waals surface area contributed by atoms with Crippen molar-refractivity contribution in [2.24, 2.45) is 0 Å². The number of fused-ring (bicyclic) bond motifs is 2. The summed E-state index contributed by atoms with van der Waals surface area (Å²) in [6.45, 7) is 8.65. The van der Waals surface area contributed by atoms with Crippen LogP contribution in [0.25, 0.3) is 0 Å². The van der Waals surface area contributed by atoms with Crippen molar-refractivity contribution >= 4 is 23.0 Å². The molecule has 3 aliphatic heterocycles. The first-order valence-electron chi connectivity index (χ1n) is 12.5. The van der Waals surface area contributed by atoms with E-state index in [-0.39, 0.29) is 64.4 Å². The Bertz CT molecular complexity index is 1240. The molecule has 5 rings (SSSR count). The third-order valence-electron chi connectivity index (χ3n) is 7.66. The molecule has 4 unspecified atom stereocenters. The fraction of sp³-hybridized carbons (Fsp3) is 0.464. The average Bonchev–Trinajstić information content (AvgIpc) is 3.67. The van der Waals surface area contributed by atoms with Gasteiger partial charge in [0.25, 0.3) is 5.91 Å². The molecule has 2 aromatic carbocycles. The average molecular weight is 495 g/mol. The van der Waals surface area contributed by atoms with E-state index < -0.39 is 5.60 Å². The van der Waals surface area contributed by atoms with Gasteiger partial charge in [0.15, 0.2) is 0 Å². The number of aromatic hydroxyl groups is 3. The molecule has 192 valence electrons. The Morgan fingerprint density at radius 1 is 1.03 bits per heavy atom. The van der Waals surface area contributed by atoms with E-state index in [9.17, 15) is 20.1 Å². The van der Waals surface area contributed by atoms with E-state index >= 15 is 0 Å². The standard InChI is InChI=1S/C28H34N2O6/c1-16(2)7-6-11-27(3)22(35-27)10-12-28(4)23(36-28)15-30-19-13-17(31)14-21(33)25(19)29-24-18(26(30)34)8-5-9-20(24)32/h5,7-9,13-14,22-23,29,31-33H,6,10-12,15H2,1-4H3. The van der Waals surface area contributed by atoms with Crippen LogP contribution in [0.2, 0.25) is 0 Å². The van der Waals surface area contributed by atoms with Crippen molar-refractivity contribution in [1.29, 1.82) is 0 Å². The number of epoxide rings is 2. The highest BCUT2D eigenvalue weighted by molar-refractivity contribution is 6.15. The first kappa shape index (κ1) is 24.5. The number of amides is 1. The van der Waals surface area contributed by atoms with Gasteiger partial charge in [-0.05, 0) is 65.5 Å². The van der Waals surface area contributed by atoms with E-state index in [1.807, 2.05) is 6.92 Å². The van der Waals surface area contributed by atoms with Crippen LogP contribution in [-0.4, -0.2) is 51.2 Å². The third kappa shape index (κ3) is 4.51. The van der Waals surface area contributed by atoms with E-state index in [0.29, 0.717) is 5.69 Å². The number of hydrogen-bond acceptors (Lipinski definition) is 7. The van der Waals surface area contributed by atoms with Crippen LogP contribution in [0.1, 0.15) is 63.7 Å². The van der Waals surface area contributed by atoms with Gasteiger partial charge in [-0.2, -0.15) is 0 Å². The second-order valence-corrected chi connectivity index (χ2v) is 10.8. The first-order valence-corrected chi connectivity index (χ1v) is 12.5. The Balaban J connectivity index is 1.30. The molecule has 8 heteroatoms. The van der Waals surface area contributed by atoms with Crippen LogP contribution in [0, 0.1) is 0 Å². The van der Waals surface area contributed by atoms with E-state index in [1.165, 1.54) is 28.7 Å². The molecule has 0 aromatic heterocycles. The molecular weight excluding hydrogens is 460 g/mol. The second-order valence-electron chi connectivity index (χ2n) is 10.8. The maximum Gasteiger partial charge on any atom is 0.260 e. The number of benzene rings is 2. The van der Waals surface area contributed by atoms with E-state index in [2.05, 4.69) is 32.2 Å². The van der Waals surface area contributed by atoms with Crippen molar-refractivity contribution in [1.82, 2.24) is 0 Å². The Labute approximate surface area is 211 Å². The van der Waals surface area contributed by atoms with Gasteiger partial charge in [0.05, 0.1) is 40.8 Å². The molecule has 4 atom stereocenters. The lowest BCUT2D eigenvalue weighted by Gasteiger charge is -2.23. The highest BCUT2D eigenvalue weighted by Crippen LogP contribution is 2.50. The molecule has 2 fully saturated rings. The minimum absolute atomic E-state index is 0.0845. The molecule has 0 radical (unpaired) electrons. The van der Waals surface area contributed by atoms with Crippen LogP contribution in [0.3, 0.4) is 0 Å². The number of allylic oxidation sites excluding steroid dienone is 2. The number of rotatable bonds is 8. The quantitative estimate of drug-likeness (QED) is 0.169. The maximum atomic E-state index is 13.6. The Hall–Kier alpha value is -3.23. The molecule has 0 spiro atoms. The molecule has 2 saturated heterocycles. The zero-order valence-corrected chi connectivity index (χ0v) is 21.2. The van der Waals surface area contributed by atoms with Crippen molar-refractivity contribution < 1.29 is 29.6 Å². The minimum atomic E-state index is -0.395. The van der Waals surface area contributed by atoms with Gasteiger partial charge in [-0.25, -0.2) is 0 Å². The maximum absolute atomic E-state index is 13.6. The highest BCUT2D eigenvalue weighted by Gasteiger charge is 2.57. The summed E-state index contributed by atoms with van der Waals surface area (Å²) in [7, 11) is 0. The summed E-state index contributed by atoms with van der Waals surface area (Å²) in [4.78, 5) is 15.1. The van der Waals surface area contributed by atoms with Crippen LogP contribution in [-0.2, 0) is 9.47 Å². The summed E-state index contributed by atoms with van der Waals surface area (Å²) in [6, 6.07) is 7.31. The number of nitrogens with one attached hydrogen (secondary N) is 1. The smallest absolute Gasteiger partial charge is 0.260 e. The fourth-order valence-electron chi connectivity index (χ4n) is 5.20. The number of nitrogens with zero attached hydrogens (tertiary/aromatic N) is 1. The lowest BCUT2D eigenvalue weighted by molar-refractivity contribution is 0.0986. The van der Waals surface area contributed by atoms with Gasteiger partial charge < -0.3 is 35.0 Å². The Kier molecular flexibility index (Phi) is 5.92. The molecule has 2 aromatic rings. The molecule has 0 saturated carbocycles. The second kappa shape index (κ2) is 8.71. The van der Waals surface area contributed by atoms with Crippen molar-refractivity contribution in [3.05, 3.63) is 47.5 Å². The number of hydrogen-bond donors (Lipinski definition) is 4. The van der Waals surface area contributed by atoms with Crippen LogP contribution in [0.5, 0.6) is 17.2 Å². The van der Waals surface area contributed by atoms with Gasteiger partial charge >= 0.3 is 0 Å². The normalized spacial score (nSPS) is 28.0. The zero-order chi connectivity index (χ0) is 25.8. The van der Waals surface area contributed by atoms with E-state index in [4.69, 9.17) is 9.47 Å². The van der Waals surface area contributed by atoms with Crippen molar-refractivity contribution in [2.75, 3.05) is 16.8 Å². The molecule has 0 bridgehead atoms. The number of phenolic OH excluding ortho intramolecular Hbond substituents is 3. The number of anilines is 3. The molecule has 1 amide bonds. The van der Waals surface area contributed by atoms with Gasteiger partial charge in [-0.15, -0.1) is 0 Å². The fourth-order valence-corrected chi connectivity index (χ4v) is 5.20. The summed E-state index contributed by atoms with van der Waals surface area (Å²) in [5, 5.41) is 34.1.